The van der Waals surface area contributed by atoms with Gasteiger partial charge >= 0.3 is 0 Å². The smallest absolute Gasteiger partial charge is 0.258 e. The first-order chi connectivity index (χ1) is 21.3. The Bertz CT molecular complexity index is 1630. The van der Waals surface area contributed by atoms with E-state index in [2.05, 4.69) is 15.3 Å². The van der Waals surface area contributed by atoms with Crippen LogP contribution < -0.4 is 20.5 Å². The van der Waals surface area contributed by atoms with Crippen LogP contribution >= 0.6 is 0 Å². The van der Waals surface area contributed by atoms with Crippen molar-refractivity contribution in [3.8, 4) is 22.8 Å². The van der Waals surface area contributed by atoms with Crippen molar-refractivity contribution in [1.29, 1.82) is 0 Å². The average Bonchev–Trinajstić information content (AvgIpc) is 3.86. The van der Waals surface area contributed by atoms with Gasteiger partial charge in [0.1, 0.15) is 42.7 Å². The minimum absolute atomic E-state index is 0.0364. The Morgan fingerprint density at radius 2 is 1.84 bits per heavy atom. The van der Waals surface area contributed by atoms with E-state index in [1.807, 2.05) is 29.2 Å². The van der Waals surface area contributed by atoms with Gasteiger partial charge < -0.3 is 20.5 Å². The lowest BCUT2D eigenvalue weighted by Gasteiger charge is -2.22. The number of ether oxygens (including phenoxy) is 2. The zero-order valence-corrected chi connectivity index (χ0v) is 24.6. The zero-order chi connectivity index (χ0) is 31.2. The van der Waals surface area contributed by atoms with Crippen molar-refractivity contribution in [3.05, 3.63) is 94.8 Å². The number of hydrogen-bond donors (Lipinski definition) is 2. The molecule has 0 atom stereocenters. The topological polar surface area (TPSA) is 103 Å². The highest BCUT2D eigenvalue weighted by Crippen LogP contribution is 2.40. The highest BCUT2D eigenvalue weighted by molar-refractivity contribution is 6.05. The summed E-state index contributed by atoms with van der Waals surface area (Å²) in [5.41, 5.74) is 9.01. The van der Waals surface area contributed by atoms with Crippen molar-refractivity contribution < 1.29 is 27.4 Å². The van der Waals surface area contributed by atoms with Crippen LogP contribution in [0.25, 0.3) is 11.3 Å². The minimum atomic E-state index is -0.701. The maximum absolute atomic E-state index is 14.9. The fourth-order valence-corrected chi connectivity index (χ4v) is 5.01. The summed E-state index contributed by atoms with van der Waals surface area (Å²) in [6.07, 6.45) is 3.25. The molecule has 1 aliphatic carbocycles. The fourth-order valence-electron chi connectivity index (χ4n) is 5.01. The molecular weight excluding hydrogens is 571 g/mol. The lowest BCUT2D eigenvalue weighted by molar-refractivity contribution is 0.102. The first-order valence-electron chi connectivity index (χ1n) is 14.3. The first kappa shape index (κ1) is 30.8. The molecule has 3 N–H and O–H groups in total. The summed E-state index contributed by atoms with van der Waals surface area (Å²) in [4.78, 5) is 23.2. The molecule has 1 saturated carbocycles. The van der Waals surface area contributed by atoms with E-state index >= 15 is 0 Å². The van der Waals surface area contributed by atoms with Crippen LogP contribution in [-0.4, -0.2) is 54.3 Å². The van der Waals surface area contributed by atoms with E-state index in [0.717, 1.165) is 35.8 Å². The monoisotopic (exact) mass is 605 g/mol. The third-order valence-electron chi connectivity index (χ3n) is 7.61. The van der Waals surface area contributed by atoms with Crippen LogP contribution in [0, 0.1) is 18.6 Å². The molecule has 1 amide bonds. The number of nitrogens with two attached hydrogens (primary N) is 1. The van der Waals surface area contributed by atoms with Gasteiger partial charge in [0.25, 0.3) is 5.91 Å². The molecule has 5 rings (SSSR count). The molecule has 1 aliphatic rings. The van der Waals surface area contributed by atoms with E-state index in [0.29, 0.717) is 30.1 Å². The summed E-state index contributed by atoms with van der Waals surface area (Å²) in [6.45, 7) is 2.30. The van der Waals surface area contributed by atoms with E-state index in [1.54, 1.807) is 20.1 Å². The van der Waals surface area contributed by atoms with Gasteiger partial charge in [0.05, 0.1) is 12.7 Å². The van der Waals surface area contributed by atoms with Gasteiger partial charge in [0, 0.05) is 30.9 Å². The quantitative estimate of drug-likeness (QED) is 0.184. The molecular formula is C33H34F3N5O3. The summed E-state index contributed by atoms with van der Waals surface area (Å²) >= 11 is 0. The molecule has 4 aromatic rings. The lowest BCUT2D eigenvalue weighted by Crippen LogP contribution is -2.30. The van der Waals surface area contributed by atoms with Crippen LogP contribution in [0.1, 0.15) is 45.8 Å². The number of rotatable bonds is 13. The fraction of sp³-hybridized carbons (Fsp3) is 0.303. The Morgan fingerprint density at radius 1 is 1.07 bits per heavy atom. The number of carbonyl (C=O) groups is 1. The van der Waals surface area contributed by atoms with Gasteiger partial charge in [0.2, 0.25) is 0 Å². The minimum Gasteiger partial charge on any atom is -0.497 e. The molecule has 3 aromatic carbocycles. The number of benzene rings is 3. The molecule has 0 aliphatic heterocycles. The van der Waals surface area contributed by atoms with Gasteiger partial charge in [-0.15, -0.1) is 0 Å². The Balaban J connectivity index is 1.33. The molecule has 0 bridgehead atoms. The molecule has 44 heavy (non-hydrogen) atoms. The molecule has 0 saturated heterocycles. The number of methoxy groups -OCH3 is 1. The predicted molar refractivity (Wildman–Crippen MR) is 163 cm³/mol. The predicted octanol–water partition coefficient (Wildman–Crippen LogP) is 6.30. The molecule has 1 fully saturated rings. The summed E-state index contributed by atoms with van der Waals surface area (Å²) < 4.78 is 54.2. The zero-order valence-electron chi connectivity index (χ0n) is 24.6. The molecule has 0 spiro atoms. The summed E-state index contributed by atoms with van der Waals surface area (Å²) in [7, 11) is 1.59. The van der Waals surface area contributed by atoms with Crippen molar-refractivity contribution >= 4 is 17.4 Å². The molecule has 0 unspecified atom stereocenters. The highest BCUT2D eigenvalue weighted by Gasteiger charge is 2.25. The summed E-state index contributed by atoms with van der Waals surface area (Å²) in [5.74, 6) is -0.749. The number of alkyl halides is 1. The molecule has 0 radical (unpaired) electrons. The molecule has 1 aromatic heterocycles. The van der Waals surface area contributed by atoms with E-state index in [9.17, 15) is 18.0 Å². The highest BCUT2D eigenvalue weighted by atomic mass is 19.1. The van der Waals surface area contributed by atoms with Crippen molar-refractivity contribution in [1.82, 2.24) is 14.9 Å². The van der Waals surface area contributed by atoms with Crippen LogP contribution in [0.4, 0.5) is 24.7 Å². The second-order valence-corrected chi connectivity index (χ2v) is 10.7. The van der Waals surface area contributed by atoms with Crippen molar-refractivity contribution in [3.63, 3.8) is 0 Å². The van der Waals surface area contributed by atoms with Crippen LogP contribution in [0.3, 0.4) is 0 Å². The number of nitrogen functional groups attached to an aromatic ring is 1. The van der Waals surface area contributed by atoms with Gasteiger partial charge in [-0.25, -0.2) is 23.1 Å². The Labute approximate surface area is 254 Å². The van der Waals surface area contributed by atoms with Crippen LogP contribution in [-0.2, 0) is 6.54 Å². The molecule has 11 heteroatoms. The van der Waals surface area contributed by atoms with Crippen molar-refractivity contribution in [2.45, 2.75) is 32.2 Å². The average molecular weight is 606 g/mol. The largest absolute Gasteiger partial charge is 0.497 e. The Hall–Kier alpha value is -4.64. The maximum atomic E-state index is 14.9. The standard InChI is InChI=1S/C33H34F3N5O3/c1-20-27(16-24(35)17-29(20)40-33(42)26-10-7-23(15-28(26)36)22-5-6-22)30-31(32(37)39-19-38-30)44-14-13-41(12-11-34)18-21-3-8-25(43-2)9-4-21/h3-4,7-10,15-17,19,22H,5-6,11-14,18H2,1-2H3,(H,40,42)(H2,37,38,39). The number of hydrogen-bond acceptors (Lipinski definition) is 7. The van der Waals surface area contributed by atoms with Crippen LogP contribution in [0.15, 0.2) is 60.9 Å². The third-order valence-corrected chi connectivity index (χ3v) is 7.61. The van der Waals surface area contributed by atoms with Crippen molar-refractivity contribution in [2.75, 3.05) is 44.5 Å². The Morgan fingerprint density at radius 3 is 2.52 bits per heavy atom. The van der Waals surface area contributed by atoms with E-state index < -0.39 is 24.2 Å². The van der Waals surface area contributed by atoms with E-state index in [4.69, 9.17) is 15.2 Å². The summed E-state index contributed by atoms with van der Waals surface area (Å²) in [6, 6.07) is 14.5. The number of halogens is 3. The first-order valence-corrected chi connectivity index (χ1v) is 14.3. The maximum Gasteiger partial charge on any atom is 0.258 e. The second-order valence-electron chi connectivity index (χ2n) is 10.7. The normalized spacial score (nSPS) is 12.8. The molecule has 1 heterocycles. The second kappa shape index (κ2) is 13.8. The SMILES string of the molecule is COc1ccc(CN(CCF)CCOc2c(N)ncnc2-c2cc(F)cc(NC(=O)c3ccc(C4CC4)cc3F)c2C)cc1. The number of aromatic nitrogens is 2. The molecule has 230 valence electrons. The van der Waals surface area contributed by atoms with Crippen molar-refractivity contribution in [2.24, 2.45) is 0 Å². The number of carbonyl (C=O) groups excluding carboxylic acids is 1. The number of nitrogens with one attached hydrogen (secondary N) is 1. The third kappa shape index (κ3) is 7.28. The Kier molecular flexibility index (Phi) is 9.64. The van der Waals surface area contributed by atoms with Gasteiger partial charge in [-0.05, 0) is 78.8 Å². The van der Waals surface area contributed by atoms with Gasteiger partial charge in [0.15, 0.2) is 11.6 Å². The number of anilines is 2. The lowest BCUT2D eigenvalue weighted by atomic mass is 10.0. The summed E-state index contributed by atoms with van der Waals surface area (Å²) in [5, 5.41) is 2.63. The van der Waals surface area contributed by atoms with Gasteiger partial charge in [-0.1, -0.05) is 18.2 Å². The van der Waals surface area contributed by atoms with Gasteiger partial charge in [-0.2, -0.15) is 0 Å². The van der Waals surface area contributed by atoms with E-state index in [1.165, 1.54) is 24.5 Å². The number of amides is 1. The van der Waals surface area contributed by atoms with Crippen LogP contribution in [0.2, 0.25) is 0 Å². The van der Waals surface area contributed by atoms with Gasteiger partial charge in [-0.3, -0.25) is 9.69 Å². The molecule has 8 nitrogen and oxygen atoms in total. The van der Waals surface area contributed by atoms with E-state index in [-0.39, 0.29) is 41.7 Å². The van der Waals surface area contributed by atoms with Crippen LogP contribution in [0.5, 0.6) is 11.5 Å². The number of nitrogens with zero attached hydrogens (tertiary/aromatic N) is 3.